The Morgan fingerprint density at radius 3 is 1.62 bits per heavy atom. The fourth-order valence-corrected chi connectivity index (χ4v) is 0.607. The van der Waals surface area contributed by atoms with Crippen LogP contribution in [-0.2, 0) is 0 Å². The van der Waals surface area contributed by atoms with Gasteiger partial charge in [0.25, 0.3) is 0 Å². The Morgan fingerprint density at radius 2 is 1.62 bits per heavy atom. The fraction of sp³-hybridized carbons (Fsp3) is 0.857. The van der Waals surface area contributed by atoms with Gasteiger partial charge in [-0.3, -0.25) is 0 Å². The summed E-state index contributed by atoms with van der Waals surface area (Å²) in [5.41, 5.74) is 5.57. The minimum absolute atomic E-state index is 0.231. The molecule has 0 fully saturated rings. The van der Waals surface area contributed by atoms with Crippen LogP contribution in [0.1, 0.15) is 20.8 Å². The van der Waals surface area contributed by atoms with Crippen LogP contribution in [0, 0.1) is 18.8 Å². The van der Waals surface area contributed by atoms with Gasteiger partial charge in [-0.2, -0.15) is 0 Å². The van der Waals surface area contributed by atoms with E-state index in [1.807, 2.05) is 6.92 Å². The van der Waals surface area contributed by atoms with Crippen molar-refractivity contribution in [2.75, 3.05) is 0 Å². The topological polar surface area (TPSA) is 26.0 Å². The Kier molecular flexibility index (Phi) is 3.06. The van der Waals surface area contributed by atoms with E-state index >= 15 is 0 Å². The van der Waals surface area contributed by atoms with E-state index in [0.29, 0.717) is 11.8 Å². The lowest BCUT2D eigenvalue weighted by Gasteiger charge is -2.18. The first kappa shape index (κ1) is 7.96. The molecule has 1 nitrogen and oxygen atoms in total. The highest BCUT2D eigenvalue weighted by Gasteiger charge is 2.10. The predicted molar refractivity (Wildman–Crippen MR) is 37.3 cm³/mol. The quantitative estimate of drug-likeness (QED) is 0.577. The molecule has 0 saturated carbocycles. The summed E-state index contributed by atoms with van der Waals surface area (Å²) in [6, 6.07) is 0.231. The van der Waals surface area contributed by atoms with Gasteiger partial charge in [0.1, 0.15) is 0 Å². The van der Waals surface area contributed by atoms with Gasteiger partial charge >= 0.3 is 0 Å². The molecular weight excluding hydrogens is 98.1 g/mol. The van der Waals surface area contributed by atoms with E-state index in [1.165, 1.54) is 0 Å². The molecule has 0 aliphatic carbocycles. The largest absolute Gasteiger partial charge is 0.328 e. The highest BCUT2D eigenvalue weighted by atomic mass is 14.6. The first-order valence-corrected chi connectivity index (χ1v) is 3.14. The Hall–Kier alpha value is -0.0400. The molecule has 8 heavy (non-hydrogen) atoms. The molecule has 0 heterocycles. The van der Waals surface area contributed by atoms with Crippen molar-refractivity contribution >= 4 is 0 Å². The van der Waals surface area contributed by atoms with Crippen molar-refractivity contribution in [3.8, 4) is 0 Å². The van der Waals surface area contributed by atoms with Gasteiger partial charge < -0.3 is 5.73 Å². The van der Waals surface area contributed by atoms with Crippen LogP contribution in [0.2, 0.25) is 0 Å². The molecule has 0 aromatic carbocycles. The van der Waals surface area contributed by atoms with E-state index in [-0.39, 0.29) is 6.04 Å². The summed E-state index contributed by atoms with van der Waals surface area (Å²) in [5, 5.41) is 0. The Balaban J connectivity index is 3.46. The summed E-state index contributed by atoms with van der Waals surface area (Å²) < 4.78 is 0. The average molecular weight is 114 g/mol. The first-order valence-electron chi connectivity index (χ1n) is 3.14. The third-order valence-corrected chi connectivity index (χ3v) is 1.53. The second-order valence-corrected chi connectivity index (χ2v) is 2.77. The van der Waals surface area contributed by atoms with E-state index in [9.17, 15) is 0 Å². The van der Waals surface area contributed by atoms with Crippen molar-refractivity contribution in [1.82, 2.24) is 0 Å². The molecule has 1 radical (unpaired) electrons. The fourth-order valence-electron chi connectivity index (χ4n) is 0.607. The number of nitrogens with two attached hydrogens (primary N) is 1. The third kappa shape index (κ3) is 2.31. The van der Waals surface area contributed by atoms with Crippen molar-refractivity contribution in [3.05, 3.63) is 6.92 Å². The molecule has 0 aliphatic rings. The third-order valence-electron chi connectivity index (χ3n) is 1.53. The highest BCUT2D eigenvalue weighted by Crippen LogP contribution is 2.10. The molecule has 49 valence electrons. The van der Waals surface area contributed by atoms with Crippen molar-refractivity contribution in [2.45, 2.75) is 26.8 Å². The summed E-state index contributed by atoms with van der Waals surface area (Å²) in [6.45, 7) is 10.2. The van der Waals surface area contributed by atoms with Crippen molar-refractivity contribution in [2.24, 2.45) is 17.6 Å². The van der Waals surface area contributed by atoms with Gasteiger partial charge in [0, 0.05) is 6.04 Å². The molecule has 0 amide bonds. The second kappa shape index (κ2) is 3.08. The van der Waals surface area contributed by atoms with Crippen molar-refractivity contribution < 1.29 is 0 Å². The van der Waals surface area contributed by atoms with Crippen LogP contribution >= 0.6 is 0 Å². The van der Waals surface area contributed by atoms with E-state index < -0.39 is 0 Å². The van der Waals surface area contributed by atoms with Crippen LogP contribution < -0.4 is 5.73 Å². The van der Waals surface area contributed by atoms with Crippen LogP contribution in [0.25, 0.3) is 0 Å². The Labute approximate surface area is 52.3 Å². The summed E-state index contributed by atoms with van der Waals surface area (Å²) in [4.78, 5) is 0. The molecule has 2 N–H and O–H groups in total. The molecule has 0 aromatic heterocycles. The molecule has 0 bridgehead atoms. The number of rotatable bonds is 2. The van der Waals surface area contributed by atoms with Crippen LogP contribution in [-0.4, -0.2) is 6.04 Å². The smallest absolute Gasteiger partial charge is 0.00412 e. The van der Waals surface area contributed by atoms with Crippen molar-refractivity contribution in [1.29, 1.82) is 0 Å². The minimum Gasteiger partial charge on any atom is -0.328 e. The Bertz CT molecular complexity index is 49.4. The SMILES string of the molecule is [CH2]C(C(C)C)C(C)N. The molecule has 1 heteroatoms. The lowest BCUT2D eigenvalue weighted by atomic mass is 9.92. The second-order valence-electron chi connectivity index (χ2n) is 2.77. The maximum atomic E-state index is 5.57. The average Bonchev–Trinajstić information content (AvgIpc) is 1.64. The molecule has 0 rings (SSSR count). The maximum absolute atomic E-state index is 5.57. The minimum atomic E-state index is 0.231. The van der Waals surface area contributed by atoms with E-state index in [4.69, 9.17) is 5.73 Å². The van der Waals surface area contributed by atoms with E-state index in [1.54, 1.807) is 0 Å². The van der Waals surface area contributed by atoms with Crippen LogP contribution in [0.15, 0.2) is 0 Å². The van der Waals surface area contributed by atoms with E-state index in [0.717, 1.165) is 0 Å². The highest BCUT2D eigenvalue weighted by molar-refractivity contribution is 4.72. The normalized spacial score (nSPS) is 18.8. The standard InChI is InChI=1S/C7H16N/c1-5(2)6(3)7(4)8/h5-7H,3,8H2,1-2,4H3. The molecule has 2 unspecified atom stereocenters. The van der Waals surface area contributed by atoms with Gasteiger partial charge in [-0.05, 0) is 25.7 Å². The molecule has 2 atom stereocenters. The molecule has 0 spiro atoms. The zero-order valence-corrected chi connectivity index (χ0v) is 6.02. The first-order chi connectivity index (χ1) is 3.55. The maximum Gasteiger partial charge on any atom is 0.00412 e. The zero-order valence-electron chi connectivity index (χ0n) is 6.02. The Morgan fingerprint density at radius 1 is 1.25 bits per heavy atom. The zero-order chi connectivity index (χ0) is 6.73. The number of hydrogen-bond acceptors (Lipinski definition) is 1. The van der Waals surface area contributed by atoms with Gasteiger partial charge in [-0.1, -0.05) is 13.8 Å². The molecule has 0 saturated heterocycles. The van der Waals surface area contributed by atoms with Gasteiger partial charge in [0.05, 0.1) is 0 Å². The van der Waals surface area contributed by atoms with Gasteiger partial charge in [-0.15, -0.1) is 0 Å². The summed E-state index contributed by atoms with van der Waals surface area (Å²) in [5.74, 6) is 1.00. The van der Waals surface area contributed by atoms with Crippen LogP contribution in [0.5, 0.6) is 0 Å². The molecule has 0 aromatic rings. The molecule has 0 aliphatic heterocycles. The van der Waals surface area contributed by atoms with Gasteiger partial charge in [-0.25, -0.2) is 0 Å². The lowest BCUT2D eigenvalue weighted by Crippen LogP contribution is -2.27. The monoisotopic (exact) mass is 114 g/mol. The lowest BCUT2D eigenvalue weighted by molar-refractivity contribution is 0.401. The summed E-state index contributed by atoms with van der Waals surface area (Å²) in [6.07, 6.45) is 0. The number of hydrogen-bond donors (Lipinski definition) is 1. The van der Waals surface area contributed by atoms with Crippen LogP contribution in [0.3, 0.4) is 0 Å². The summed E-state index contributed by atoms with van der Waals surface area (Å²) >= 11 is 0. The predicted octanol–water partition coefficient (Wildman–Crippen LogP) is 1.44. The van der Waals surface area contributed by atoms with Crippen LogP contribution in [0.4, 0.5) is 0 Å². The van der Waals surface area contributed by atoms with Gasteiger partial charge in [0.2, 0.25) is 0 Å². The van der Waals surface area contributed by atoms with E-state index in [2.05, 4.69) is 20.8 Å². The molecular formula is C7H16N. The van der Waals surface area contributed by atoms with Gasteiger partial charge in [0.15, 0.2) is 0 Å². The summed E-state index contributed by atoms with van der Waals surface area (Å²) in [7, 11) is 0. The van der Waals surface area contributed by atoms with Crippen molar-refractivity contribution in [3.63, 3.8) is 0 Å².